The van der Waals surface area contributed by atoms with E-state index in [1.165, 1.54) is 6.92 Å². The number of hydrogen-bond acceptors (Lipinski definition) is 8. The van der Waals surface area contributed by atoms with Crippen LogP contribution in [-0.2, 0) is 33.3 Å². The van der Waals surface area contributed by atoms with Crippen molar-refractivity contribution in [2.75, 3.05) is 39.6 Å². The van der Waals surface area contributed by atoms with E-state index in [9.17, 15) is 14.4 Å². The first-order valence-electron chi connectivity index (χ1n) is 9.52. The summed E-state index contributed by atoms with van der Waals surface area (Å²) in [5.74, 6) is -1.36. The number of rotatable bonds is 16. The Balaban J connectivity index is 4.95. The van der Waals surface area contributed by atoms with Crippen molar-refractivity contribution in [2.24, 2.45) is 0 Å². The van der Waals surface area contributed by atoms with Crippen LogP contribution in [0.4, 0.5) is 4.79 Å². The van der Waals surface area contributed by atoms with E-state index in [0.717, 1.165) is 25.0 Å². The van der Waals surface area contributed by atoms with Crippen LogP contribution in [-0.4, -0.2) is 69.3 Å². The molecule has 0 aromatic carbocycles. The quantitative estimate of drug-likeness (QED) is 0.177. The summed E-state index contributed by atoms with van der Waals surface area (Å²) in [7, 11) is 0. The number of nitrogens with one attached hydrogen (secondary N) is 1. The molecule has 0 saturated carbocycles. The predicted octanol–water partition coefficient (Wildman–Crippen LogP) is 2.15. The van der Waals surface area contributed by atoms with Gasteiger partial charge in [-0.1, -0.05) is 27.0 Å². The standard InChI is InChI=1S/C20H33NO8/c1-6-10-25-12-16(13-26-11-7-2)29-19(24)21-20(5,14-27-17(22)8-3)15-28-18(23)9-4/h8-9,16H,3-4,6-7,10-15H2,1-2,5H3,(H,21,24). The molecule has 0 radical (unpaired) electrons. The fraction of sp³-hybridized carbons (Fsp3) is 0.650. The van der Waals surface area contributed by atoms with Gasteiger partial charge in [0.2, 0.25) is 0 Å². The first-order chi connectivity index (χ1) is 13.8. The molecular formula is C20H33NO8. The lowest BCUT2D eigenvalue weighted by Gasteiger charge is -2.30. The van der Waals surface area contributed by atoms with E-state index in [0.29, 0.717) is 13.2 Å². The summed E-state index contributed by atoms with van der Waals surface area (Å²) in [6, 6.07) is 0. The smallest absolute Gasteiger partial charge is 0.408 e. The molecule has 0 saturated heterocycles. The third-order valence-electron chi connectivity index (χ3n) is 3.38. The number of alkyl carbamates (subject to hydrolysis) is 1. The van der Waals surface area contributed by atoms with Crippen molar-refractivity contribution in [1.82, 2.24) is 5.32 Å². The largest absolute Gasteiger partial charge is 0.460 e. The fourth-order valence-electron chi connectivity index (χ4n) is 1.95. The molecule has 0 bridgehead atoms. The van der Waals surface area contributed by atoms with Crippen molar-refractivity contribution in [1.29, 1.82) is 0 Å². The molecule has 9 heteroatoms. The molecule has 9 nitrogen and oxygen atoms in total. The summed E-state index contributed by atoms with van der Waals surface area (Å²) in [5, 5.41) is 2.57. The predicted molar refractivity (Wildman–Crippen MR) is 106 cm³/mol. The summed E-state index contributed by atoms with van der Waals surface area (Å²) in [4.78, 5) is 35.1. The summed E-state index contributed by atoms with van der Waals surface area (Å²) < 4.78 is 26.3. The Morgan fingerprint density at radius 2 is 1.38 bits per heavy atom. The van der Waals surface area contributed by atoms with Crippen molar-refractivity contribution < 1.29 is 38.1 Å². The van der Waals surface area contributed by atoms with Crippen LogP contribution in [0.15, 0.2) is 25.3 Å². The molecule has 0 aromatic rings. The Morgan fingerprint density at radius 3 is 1.76 bits per heavy atom. The minimum atomic E-state index is -1.23. The second-order valence-electron chi connectivity index (χ2n) is 6.49. The molecule has 1 N–H and O–H groups in total. The van der Waals surface area contributed by atoms with Gasteiger partial charge < -0.3 is 29.0 Å². The van der Waals surface area contributed by atoms with Crippen LogP contribution in [0.5, 0.6) is 0 Å². The second-order valence-corrected chi connectivity index (χ2v) is 6.49. The summed E-state index contributed by atoms with van der Waals surface area (Å²) in [5.41, 5.74) is -1.23. The Kier molecular flexibility index (Phi) is 14.2. The van der Waals surface area contributed by atoms with E-state index < -0.39 is 29.7 Å². The molecule has 1 amide bonds. The topological polar surface area (TPSA) is 109 Å². The Hall–Kier alpha value is -2.39. The molecule has 0 unspecified atom stereocenters. The monoisotopic (exact) mass is 415 g/mol. The normalized spacial score (nSPS) is 10.9. The van der Waals surface area contributed by atoms with Crippen molar-refractivity contribution in [3.05, 3.63) is 25.3 Å². The van der Waals surface area contributed by atoms with Crippen molar-refractivity contribution in [3.8, 4) is 0 Å². The summed E-state index contributed by atoms with van der Waals surface area (Å²) in [6.07, 6.45) is 2.22. The Morgan fingerprint density at radius 1 is 0.931 bits per heavy atom. The SMILES string of the molecule is C=CC(=O)OCC(C)(COC(=O)C=C)NC(=O)OC(COCCC)COCCC. The van der Waals surface area contributed by atoms with Gasteiger partial charge in [0.25, 0.3) is 0 Å². The van der Waals surface area contributed by atoms with Crippen LogP contribution in [0.25, 0.3) is 0 Å². The van der Waals surface area contributed by atoms with Crippen LogP contribution in [0.1, 0.15) is 33.6 Å². The van der Waals surface area contributed by atoms with Gasteiger partial charge in [-0.25, -0.2) is 14.4 Å². The zero-order chi connectivity index (χ0) is 22.1. The highest BCUT2D eigenvalue weighted by Crippen LogP contribution is 2.09. The number of amides is 1. The molecule has 29 heavy (non-hydrogen) atoms. The molecule has 0 aliphatic carbocycles. The van der Waals surface area contributed by atoms with E-state index >= 15 is 0 Å². The maximum atomic E-state index is 12.4. The number of ether oxygens (including phenoxy) is 5. The Bertz CT molecular complexity index is 501. The van der Waals surface area contributed by atoms with Gasteiger partial charge in [0.05, 0.1) is 13.2 Å². The van der Waals surface area contributed by atoms with Crippen LogP contribution in [0.3, 0.4) is 0 Å². The summed E-state index contributed by atoms with van der Waals surface area (Å²) in [6.45, 7) is 13.0. The molecule has 0 rings (SSSR count). The zero-order valence-corrected chi connectivity index (χ0v) is 17.6. The number of carbonyl (C=O) groups is 3. The molecular weight excluding hydrogens is 382 g/mol. The first-order valence-corrected chi connectivity index (χ1v) is 9.52. The first kappa shape index (κ1) is 26.6. The van der Waals surface area contributed by atoms with Gasteiger partial charge in [-0.3, -0.25) is 0 Å². The van der Waals surface area contributed by atoms with E-state index in [1.807, 2.05) is 13.8 Å². The van der Waals surface area contributed by atoms with E-state index in [-0.39, 0.29) is 26.4 Å². The van der Waals surface area contributed by atoms with Crippen LogP contribution in [0, 0.1) is 0 Å². The molecule has 0 spiro atoms. The lowest BCUT2D eigenvalue weighted by molar-refractivity contribution is -0.144. The number of carbonyl (C=O) groups excluding carboxylic acids is 3. The van der Waals surface area contributed by atoms with Gasteiger partial charge >= 0.3 is 18.0 Å². The average Bonchev–Trinajstić information content (AvgIpc) is 2.70. The third kappa shape index (κ3) is 13.4. The molecule has 0 aliphatic heterocycles. The lowest BCUT2D eigenvalue weighted by Crippen LogP contribution is -2.54. The highest BCUT2D eigenvalue weighted by atomic mass is 16.6. The van der Waals surface area contributed by atoms with Gasteiger partial charge in [-0.15, -0.1) is 0 Å². The third-order valence-corrected chi connectivity index (χ3v) is 3.38. The minimum absolute atomic E-state index is 0.179. The van der Waals surface area contributed by atoms with Gasteiger partial charge in [0.15, 0.2) is 6.10 Å². The van der Waals surface area contributed by atoms with E-state index in [4.69, 9.17) is 23.7 Å². The van der Waals surface area contributed by atoms with E-state index in [2.05, 4.69) is 18.5 Å². The van der Waals surface area contributed by atoms with Gasteiger partial charge in [0.1, 0.15) is 18.8 Å². The van der Waals surface area contributed by atoms with Crippen molar-refractivity contribution in [2.45, 2.75) is 45.3 Å². The maximum absolute atomic E-state index is 12.4. The molecule has 0 heterocycles. The van der Waals surface area contributed by atoms with Crippen LogP contribution < -0.4 is 5.32 Å². The van der Waals surface area contributed by atoms with Gasteiger partial charge in [-0.2, -0.15) is 0 Å². The summed E-state index contributed by atoms with van der Waals surface area (Å²) >= 11 is 0. The molecule has 0 atom stereocenters. The van der Waals surface area contributed by atoms with Crippen molar-refractivity contribution >= 4 is 18.0 Å². The lowest BCUT2D eigenvalue weighted by atomic mass is 10.1. The van der Waals surface area contributed by atoms with E-state index in [1.54, 1.807) is 0 Å². The van der Waals surface area contributed by atoms with Crippen LogP contribution in [0.2, 0.25) is 0 Å². The fourth-order valence-corrected chi connectivity index (χ4v) is 1.95. The zero-order valence-electron chi connectivity index (χ0n) is 17.6. The highest BCUT2D eigenvalue weighted by molar-refractivity contribution is 5.82. The van der Waals surface area contributed by atoms with Crippen molar-refractivity contribution in [3.63, 3.8) is 0 Å². The van der Waals surface area contributed by atoms with Gasteiger partial charge in [-0.05, 0) is 19.8 Å². The molecule has 0 fully saturated rings. The maximum Gasteiger partial charge on any atom is 0.408 e. The molecule has 0 aromatic heterocycles. The van der Waals surface area contributed by atoms with Crippen LogP contribution >= 0.6 is 0 Å². The average molecular weight is 415 g/mol. The number of hydrogen-bond donors (Lipinski definition) is 1. The molecule has 166 valence electrons. The highest BCUT2D eigenvalue weighted by Gasteiger charge is 2.31. The second kappa shape index (κ2) is 15.5. The number of esters is 2. The van der Waals surface area contributed by atoms with Gasteiger partial charge in [0, 0.05) is 25.4 Å². The Labute approximate surface area is 172 Å². The minimum Gasteiger partial charge on any atom is -0.460 e. The molecule has 0 aliphatic rings.